The van der Waals surface area contributed by atoms with E-state index in [2.05, 4.69) is 15.3 Å². The van der Waals surface area contributed by atoms with Crippen LogP contribution in [0.1, 0.15) is 41.9 Å². The fraction of sp³-hybridized carbons (Fsp3) is 0.276. The van der Waals surface area contributed by atoms with Crippen molar-refractivity contribution in [3.05, 3.63) is 83.7 Å². The zero-order valence-electron chi connectivity index (χ0n) is 21.0. The zero-order valence-corrected chi connectivity index (χ0v) is 21.0. The first kappa shape index (κ1) is 24.5. The van der Waals surface area contributed by atoms with E-state index in [1.165, 1.54) is 0 Å². The maximum absolute atomic E-state index is 13.0. The number of ether oxygens (including phenoxy) is 1. The number of aryl methyl sites for hydroxylation is 1. The molecule has 0 saturated carbocycles. The van der Waals surface area contributed by atoms with Gasteiger partial charge < -0.3 is 15.0 Å². The minimum atomic E-state index is -0.150. The zero-order chi connectivity index (χ0) is 25.8. The number of aromatic amines is 1. The molecule has 190 valence electrons. The molecule has 1 atom stereocenters. The number of fused-ring (bicyclic) bond motifs is 1. The third-order valence-corrected chi connectivity index (χ3v) is 6.70. The number of rotatable bonds is 7. The first-order chi connectivity index (χ1) is 18.0. The highest BCUT2D eigenvalue weighted by atomic mass is 16.7. The van der Waals surface area contributed by atoms with Crippen molar-refractivity contribution in [1.82, 2.24) is 9.97 Å². The molecule has 37 heavy (non-hydrogen) atoms. The predicted octanol–water partition coefficient (Wildman–Crippen LogP) is 5.56. The summed E-state index contributed by atoms with van der Waals surface area (Å²) in [4.78, 5) is 38.2. The molecule has 0 spiro atoms. The molecule has 1 unspecified atom stereocenters. The van der Waals surface area contributed by atoms with Crippen molar-refractivity contribution in [2.45, 2.75) is 38.5 Å². The van der Waals surface area contributed by atoms with Gasteiger partial charge >= 0.3 is 5.97 Å². The van der Waals surface area contributed by atoms with Gasteiger partial charge in [-0.15, -0.1) is 0 Å². The maximum atomic E-state index is 13.0. The van der Waals surface area contributed by atoms with Crippen LogP contribution in [0.3, 0.4) is 0 Å². The van der Waals surface area contributed by atoms with Gasteiger partial charge in [0.15, 0.2) is 0 Å². The number of nitrogens with zero attached hydrogens (tertiary/aromatic N) is 2. The Kier molecular flexibility index (Phi) is 7.18. The van der Waals surface area contributed by atoms with E-state index in [9.17, 15) is 9.59 Å². The molecule has 2 N–H and O–H groups in total. The molecule has 2 heterocycles. The van der Waals surface area contributed by atoms with Crippen molar-refractivity contribution in [2.24, 2.45) is 0 Å². The van der Waals surface area contributed by atoms with E-state index < -0.39 is 0 Å². The fourth-order valence-electron chi connectivity index (χ4n) is 4.86. The number of nitrogens with one attached hydrogen (secondary N) is 2. The molecule has 1 aliphatic heterocycles. The summed E-state index contributed by atoms with van der Waals surface area (Å²) < 4.78 is 5.16. The summed E-state index contributed by atoms with van der Waals surface area (Å²) in [5.74, 6) is -0.130. The van der Waals surface area contributed by atoms with Crippen LogP contribution in [0, 0.1) is 6.92 Å². The fourth-order valence-corrected chi connectivity index (χ4v) is 4.86. The quantitative estimate of drug-likeness (QED) is 0.256. The van der Waals surface area contributed by atoms with Gasteiger partial charge in [0.05, 0.1) is 49.8 Å². The van der Waals surface area contributed by atoms with Gasteiger partial charge in [0.1, 0.15) is 5.52 Å². The highest BCUT2D eigenvalue weighted by molar-refractivity contribution is 5.95. The summed E-state index contributed by atoms with van der Waals surface area (Å²) in [5, 5.41) is 4.72. The Bertz CT molecular complexity index is 1410. The van der Waals surface area contributed by atoms with Crippen LogP contribution in [0.15, 0.2) is 67.0 Å². The minimum Gasteiger partial charge on any atom is -0.466 e. The third kappa shape index (κ3) is 5.49. The Morgan fingerprint density at radius 1 is 1.16 bits per heavy atom. The molecule has 1 aromatic heterocycles. The lowest BCUT2D eigenvalue weighted by molar-refractivity contribution is -0.142. The Morgan fingerprint density at radius 2 is 1.97 bits per heavy atom. The van der Waals surface area contributed by atoms with Crippen LogP contribution in [0.2, 0.25) is 0 Å². The number of benzene rings is 3. The SMILES string of the molecule is CON(c1ccccc1C)c1cc(CC(=O)Nc2ccc(C3CCCOC(=O)C3)cc2)cc2[nH]cnc12. The van der Waals surface area contributed by atoms with Gasteiger partial charge in [-0.1, -0.05) is 30.3 Å². The molecule has 0 aliphatic carbocycles. The Hall–Kier alpha value is -4.17. The number of hydrogen-bond acceptors (Lipinski definition) is 6. The monoisotopic (exact) mass is 498 g/mol. The summed E-state index contributed by atoms with van der Waals surface area (Å²) in [6, 6.07) is 19.5. The normalized spacial score (nSPS) is 15.7. The Morgan fingerprint density at radius 3 is 2.76 bits per heavy atom. The molecule has 1 aliphatic rings. The number of amides is 1. The lowest BCUT2D eigenvalue weighted by atomic mass is 9.92. The molecule has 1 saturated heterocycles. The van der Waals surface area contributed by atoms with Crippen molar-refractivity contribution in [3.8, 4) is 0 Å². The number of esters is 1. The molecule has 4 aromatic rings. The molecular formula is C29H30N4O4. The Balaban J connectivity index is 1.33. The van der Waals surface area contributed by atoms with Gasteiger partial charge in [0.2, 0.25) is 5.91 Å². The van der Waals surface area contributed by atoms with Gasteiger partial charge in [-0.3, -0.25) is 14.4 Å². The average molecular weight is 499 g/mol. The standard InChI is InChI=1S/C29H30N4O4/c1-19-6-3-4-8-25(19)33(36-2)26-15-20(14-24-29(26)31-18-30-24)16-27(34)32-23-11-9-21(10-12-23)22-7-5-13-37-28(35)17-22/h3-4,6,8-12,14-15,18,22H,5,7,13,16-17H2,1-2H3,(H,30,31)(H,32,34). The Labute approximate surface area is 215 Å². The van der Waals surface area contributed by atoms with Gasteiger partial charge in [-0.05, 0) is 72.7 Å². The van der Waals surface area contributed by atoms with Crippen molar-refractivity contribution in [2.75, 3.05) is 24.1 Å². The largest absolute Gasteiger partial charge is 0.466 e. The molecule has 8 heteroatoms. The van der Waals surface area contributed by atoms with Crippen LogP contribution in [0.4, 0.5) is 17.1 Å². The van der Waals surface area contributed by atoms with E-state index in [4.69, 9.17) is 9.57 Å². The van der Waals surface area contributed by atoms with Gasteiger partial charge in [0.25, 0.3) is 0 Å². The molecule has 0 radical (unpaired) electrons. The first-order valence-electron chi connectivity index (χ1n) is 12.4. The van der Waals surface area contributed by atoms with Gasteiger partial charge in [0, 0.05) is 5.69 Å². The number of anilines is 3. The number of aromatic nitrogens is 2. The third-order valence-electron chi connectivity index (χ3n) is 6.70. The second-order valence-electron chi connectivity index (χ2n) is 9.29. The average Bonchev–Trinajstić information content (AvgIpc) is 3.26. The van der Waals surface area contributed by atoms with E-state index in [1.807, 2.05) is 67.6 Å². The van der Waals surface area contributed by atoms with Crippen molar-refractivity contribution in [1.29, 1.82) is 0 Å². The molecule has 5 rings (SSSR count). The summed E-state index contributed by atoms with van der Waals surface area (Å²) in [7, 11) is 1.62. The molecule has 0 bridgehead atoms. The number of cyclic esters (lactones) is 1. The number of hydrogen-bond donors (Lipinski definition) is 2. The summed E-state index contributed by atoms with van der Waals surface area (Å²) in [5.41, 5.74) is 6.92. The van der Waals surface area contributed by atoms with Crippen molar-refractivity contribution in [3.63, 3.8) is 0 Å². The van der Waals surface area contributed by atoms with Gasteiger partial charge in [-0.2, -0.15) is 0 Å². The molecule has 1 amide bonds. The second kappa shape index (κ2) is 10.8. The molecular weight excluding hydrogens is 468 g/mol. The molecule has 3 aromatic carbocycles. The van der Waals surface area contributed by atoms with Crippen LogP contribution < -0.4 is 10.4 Å². The highest BCUT2D eigenvalue weighted by Gasteiger charge is 2.21. The van der Waals surface area contributed by atoms with E-state index in [0.717, 1.165) is 51.9 Å². The van der Waals surface area contributed by atoms with E-state index in [1.54, 1.807) is 18.5 Å². The van der Waals surface area contributed by atoms with Crippen LogP contribution in [0.5, 0.6) is 0 Å². The smallest absolute Gasteiger partial charge is 0.306 e. The van der Waals surface area contributed by atoms with Crippen LogP contribution >= 0.6 is 0 Å². The van der Waals surface area contributed by atoms with Crippen LogP contribution in [-0.4, -0.2) is 35.6 Å². The summed E-state index contributed by atoms with van der Waals surface area (Å²) in [6.07, 6.45) is 3.99. The van der Waals surface area contributed by atoms with Crippen LogP contribution in [0.25, 0.3) is 11.0 Å². The predicted molar refractivity (Wildman–Crippen MR) is 143 cm³/mol. The van der Waals surface area contributed by atoms with Crippen molar-refractivity contribution < 1.29 is 19.2 Å². The van der Waals surface area contributed by atoms with E-state index in [0.29, 0.717) is 18.7 Å². The van der Waals surface area contributed by atoms with Crippen LogP contribution in [-0.2, 0) is 25.6 Å². The number of carbonyl (C=O) groups is 2. The molecule has 8 nitrogen and oxygen atoms in total. The lowest BCUT2D eigenvalue weighted by Crippen LogP contribution is -2.18. The number of imidazole rings is 1. The van der Waals surface area contributed by atoms with Crippen molar-refractivity contribution >= 4 is 40.0 Å². The highest BCUT2D eigenvalue weighted by Crippen LogP contribution is 2.34. The second-order valence-corrected chi connectivity index (χ2v) is 9.29. The maximum Gasteiger partial charge on any atom is 0.306 e. The topological polar surface area (TPSA) is 96.5 Å². The van der Waals surface area contributed by atoms with Gasteiger partial charge in [-0.25, -0.2) is 10.0 Å². The van der Waals surface area contributed by atoms with E-state index in [-0.39, 0.29) is 24.2 Å². The molecule has 1 fully saturated rings. The summed E-state index contributed by atoms with van der Waals surface area (Å²) >= 11 is 0. The minimum absolute atomic E-state index is 0.129. The summed E-state index contributed by atoms with van der Waals surface area (Å²) in [6.45, 7) is 2.51. The van der Waals surface area contributed by atoms with E-state index >= 15 is 0 Å². The number of para-hydroxylation sites is 1. The number of carbonyl (C=O) groups excluding carboxylic acids is 2. The number of H-pyrrole nitrogens is 1. The lowest BCUT2D eigenvalue weighted by Gasteiger charge is -2.24. The first-order valence-corrected chi connectivity index (χ1v) is 12.4.